The van der Waals surface area contributed by atoms with E-state index in [2.05, 4.69) is 11.4 Å². The van der Waals surface area contributed by atoms with Gasteiger partial charge in [-0.15, -0.1) is 11.3 Å². The van der Waals surface area contributed by atoms with E-state index in [4.69, 9.17) is 19.6 Å². The fourth-order valence-corrected chi connectivity index (χ4v) is 7.42. The molecule has 1 saturated heterocycles. The molecule has 0 saturated carbocycles. The van der Waals surface area contributed by atoms with Gasteiger partial charge in [-0.25, -0.2) is 4.98 Å². The number of carbonyl (C=O) groups is 2. The van der Waals surface area contributed by atoms with Crippen molar-refractivity contribution in [3.05, 3.63) is 119 Å². The van der Waals surface area contributed by atoms with Crippen LogP contribution in [0, 0.1) is 0 Å². The predicted molar refractivity (Wildman–Crippen MR) is 179 cm³/mol. The molecule has 2 heterocycles. The van der Waals surface area contributed by atoms with Crippen molar-refractivity contribution in [2.24, 2.45) is 0 Å². The molecule has 5 aromatic rings. The number of thioether (sulfide) groups is 1. The highest BCUT2D eigenvalue weighted by atomic mass is 32.2. The summed E-state index contributed by atoms with van der Waals surface area (Å²) in [6.07, 6.45) is -0.331. The lowest BCUT2D eigenvalue weighted by atomic mass is 9.99. The Balaban J connectivity index is 1.15. The van der Waals surface area contributed by atoms with Crippen molar-refractivity contribution in [3.8, 4) is 11.1 Å². The molecule has 3 atom stereocenters. The summed E-state index contributed by atoms with van der Waals surface area (Å²) in [6.45, 7) is 0.320. The number of hydrogen-bond acceptors (Lipinski definition) is 8. The van der Waals surface area contributed by atoms with Gasteiger partial charge < -0.3 is 25.0 Å². The number of benzene rings is 4. The number of ether oxygens (including phenoxy) is 2. The Morgan fingerprint density at radius 3 is 2.41 bits per heavy atom. The molecule has 236 valence electrons. The lowest BCUT2D eigenvalue weighted by Gasteiger charge is -2.36. The number of aliphatic hydroxyl groups excluding tert-OH is 1. The van der Waals surface area contributed by atoms with Gasteiger partial charge >= 0.3 is 5.97 Å². The molecule has 46 heavy (non-hydrogen) atoms. The van der Waals surface area contributed by atoms with E-state index in [9.17, 15) is 14.7 Å². The molecule has 1 aromatic heterocycles. The number of carboxylic acids is 1. The SMILES string of the molecule is O=C(O)CCC(=O)NCc1cccc(-c2ccc(C3OC(CSc4nc5ccccc5s4)CC(c4ccc(CO)cc4)O3)cc2)c1. The summed E-state index contributed by atoms with van der Waals surface area (Å²) in [5.74, 6) is -0.539. The van der Waals surface area contributed by atoms with E-state index in [0.717, 1.165) is 49.0 Å². The molecule has 1 amide bonds. The molecular weight excluding hydrogens is 621 g/mol. The van der Waals surface area contributed by atoms with Crippen LogP contribution in [0.15, 0.2) is 101 Å². The number of carboxylic acid groups (broad SMARTS) is 1. The highest BCUT2D eigenvalue weighted by molar-refractivity contribution is 8.01. The number of aromatic nitrogens is 1. The van der Waals surface area contributed by atoms with Crippen LogP contribution in [0.2, 0.25) is 0 Å². The van der Waals surface area contributed by atoms with E-state index in [0.29, 0.717) is 13.0 Å². The molecule has 1 fully saturated rings. The monoisotopic (exact) mass is 654 g/mol. The molecule has 4 aromatic carbocycles. The average molecular weight is 655 g/mol. The van der Waals surface area contributed by atoms with Crippen LogP contribution in [0.1, 0.15) is 53.9 Å². The lowest BCUT2D eigenvalue weighted by Crippen LogP contribution is -2.31. The summed E-state index contributed by atoms with van der Waals surface area (Å²) in [7, 11) is 0. The van der Waals surface area contributed by atoms with Crippen LogP contribution < -0.4 is 5.32 Å². The second-order valence-corrected chi connectivity index (χ2v) is 13.4. The standard InChI is InChI=1S/C36H34N2O6S2/c39-21-23-8-10-26(11-9-23)31-19-29(22-45-36-38-30-6-1-2-7-32(30)46-36)43-35(44-31)27-14-12-25(13-15-27)28-5-3-4-24(18-28)20-37-33(40)16-17-34(41)42/h1-15,18,29,31,35,39H,16-17,19-22H2,(H,37,40)(H,41,42). The summed E-state index contributed by atoms with van der Waals surface area (Å²) in [5, 5.41) is 21.1. The first-order chi connectivity index (χ1) is 22.4. The number of aliphatic hydroxyl groups is 1. The van der Waals surface area contributed by atoms with Crippen LogP contribution in [0.25, 0.3) is 21.3 Å². The minimum atomic E-state index is -0.990. The average Bonchev–Trinajstić information content (AvgIpc) is 3.52. The molecule has 10 heteroatoms. The van der Waals surface area contributed by atoms with Gasteiger partial charge in [-0.3, -0.25) is 9.59 Å². The van der Waals surface area contributed by atoms with Crippen molar-refractivity contribution >= 4 is 45.2 Å². The normalized spacial score (nSPS) is 18.0. The maximum Gasteiger partial charge on any atom is 0.303 e. The fraction of sp³-hybridized carbons (Fsp3) is 0.250. The van der Waals surface area contributed by atoms with Crippen LogP contribution in [0.5, 0.6) is 0 Å². The summed E-state index contributed by atoms with van der Waals surface area (Å²) in [5.41, 5.74) is 6.76. The number of para-hydroxylation sites is 1. The summed E-state index contributed by atoms with van der Waals surface area (Å²) < 4.78 is 15.3. The molecule has 1 aliphatic rings. The van der Waals surface area contributed by atoms with E-state index in [1.165, 1.54) is 4.70 Å². The number of nitrogens with zero attached hydrogens (tertiary/aromatic N) is 1. The van der Waals surface area contributed by atoms with E-state index in [-0.39, 0.29) is 37.6 Å². The van der Waals surface area contributed by atoms with Gasteiger partial charge in [0.15, 0.2) is 10.6 Å². The molecule has 3 N–H and O–H groups in total. The van der Waals surface area contributed by atoms with Crippen LogP contribution in [0.3, 0.4) is 0 Å². The predicted octanol–water partition coefficient (Wildman–Crippen LogP) is 7.27. The van der Waals surface area contributed by atoms with Crippen LogP contribution >= 0.6 is 23.1 Å². The number of hydrogen-bond donors (Lipinski definition) is 3. The maximum atomic E-state index is 12.0. The third-order valence-corrected chi connectivity index (χ3v) is 10.1. The van der Waals surface area contributed by atoms with Gasteiger partial charge in [0.05, 0.1) is 35.5 Å². The number of aliphatic carboxylic acids is 1. The van der Waals surface area contributed by atoms with Crippen LogP contribution in [-0.2, 0) is 32.2 Å². The number of fused-ring (bicyclic) bond motifs is 1. The molecule has 0 radical (unpaired) electrons. The van der Waals surface area contributed by atoms with Crippen LogP contribution in [0.4, 0.5) is 0 Å². The Labute approximate surface area is 275 Å². The first-order valence-corrected chi connectivity index (χ1v) is 16.9. The number of carbonyl (C=O) groups excluding carboxylic acids is 1. The Morgan fingerprint density at radius 2 is 1.65 bits per heavy atom. The Bertz CT molecular complexity index is 1760. The van der Waals surface area contributed by atoms with Crippen molar-refractivity contribution in [2.75, 3.05) is 5.75 Å². The van der Waals surface area contributed by atoms with Gasteiger partial charge in [0.1, 0.15) is 0 Å². The number of rotatable bonds is 12. The van der Waals surface area contributed by atoms with Gasteiger partial charge in [-0.05, 0) is 46.0 Å². The molecule has 1 aliphatic heterocycles. The van der Waals surface area contributed by atoms with Gasteiger partial charge in [0.25, 0.3) is 0 Å². The summed E-state index contributed by atoms with van der Waals surface area (Å²) in [4.78, 5) is 27.5. The fourth-order valence-electron chi connectivity index (χ4n) is 5.30. The second kappa shape index (κ2) is 15.0. The zero-order chi connectivity index (χ0) is 31.9. The molecule has 0 spiro atoms. The number of nitrogens with one attached hydrogen (secondary N) is 1. The zero-order valence-corrected chi connectivity index (χ0v) is 26.6. The van der Waals surface area contributed by atoms with Gasteiger partial charge in [-0.2, -0.15) is 0 Å². The van der Waals surface area contributed by atoms with Crippen molar-refractivity contribution in [2.45, 2.75) is 55.3 Å². The Morgan fingerprint density at radius 1 is 0.870 bits per heavy atom. The van der Waals surface area contributed by atoms with E-state index >= 15 is 0 Å². The third kappa shape index (κ3) is 8.20. The van der Waals surface area contributed by atoms with Gasteiger partial charge in [0.2, 0.25) is 5.91 Å². The molecule has 8 nitrogen and oxygen atoms in total. The van der Waals surface area contributed by atoms with Gasteiger partial charge in [0, 0.05) is 30.7 Å². The first kappa shape index (κ1) is 31.9. The quantitative estimate of drug-likeness (QED) is 0.120. The van der Waals surface area contributed by atoms with Crippen molar-refractivity contribution in [1.29, 1.82) is 0 Å². The van der Waals surface area contributed by atoms with Crippen LogP contribution in [-0.4, -0.2) is 38.9 Å². The summed E-state index contributed by atoms with van der Waals surface area (Å²) in [6, 6.07) is 32.1. The Hall–Kier alpha value is -4.06. The number of thiazole rings is 1. The zero-order valence-electron chi connectivity index (χ0n) is 25.0. The number of amides is 1. The minimum absolute atomic E-state index is 0.00431. The van der Waals surface area contributed by atoms with E-state index < -0.39 is 12.3 Å². The van der Waals surface area contributed by atoms with E-state index in [1.54, 1.807) is 23.1 Å². The van der Waals surface area contributed by atoms with Gasteiger partial charge in [-0.1, -0.05) is 90.6 Å². The van der Waals surface area contributed by atoms with E-state index in [1.807, 2.05) is 91.0 Å². The van der Waals surface area contributed by atoms with Crippen molar-refractivity contribution in [1.82, 2.24) is 10.3 Å². The van der Waals surface area contributed by atoms with Crippen molar-refractivity contribution < 1.29 is 29.3 Å². The minimum Gasteiger partial charge on any atom is -0.481 e. The molecule has 0 aliphatic carbocycles. The largest absolute Gasteiger partial charge is 0.481 e. The van der Waals surface area contributed by atoms with Crippen molar-refractivity contribution in [3.63, 3.8) is 0 Å². The second-order valence-electron chi connectivity index (χ2n) is 11.1. The third-order valence-electron chi connectivity index (χ3n) is 7.78. The summed E-state index contributed by atoms with van der Waals surface area (Å²) >= 11 is 3.40. The smallest absolute Gasteiger partial charge is 0.303 e. The molecule has 6 rings (SSSR count). The highest BCUT2D eigenvalue weighted by Gasteiger charge is 2.32. The highest BCUT2D eigenvalue weighted by Crippen LogP contribution is 2.40. The molecule has 3 unspecified atom stereocenters. The Kier molecular flexibility index (Phi) is 10.4. The molecular formula is C36H34N2O6S2. The molecule has 0 bridgehead atoms. The maximum absolute atomic E-state index is 12.0. The topological polar surface area (TPSA) is 118 Å². The lowest BCUT2D eigenvalue weighted by molar-refractivity contribution is -0.245. The first-order valence-electron chi connectivity index (χ1n) is 15.1.